The van der Waals surface area contributed by atoms with Gasteiger partial charge in [0.2, 0.25) is 17.8 Å². The number of para-hydroxylation sites is 1. The van der Waals surface area contributed by atoms with Gasteiger partial charge in [0.05, 0.1) is 16.8 Å². The van der Waals surface area contributed by atoms with Gasteiger partial charge in [-0.15, -0.1) is 0 Å². The smallest absolute Gasteiger partial charge is 0.335 e. The fourth-order valence-electron chi connectivity index (χ4n) is 6.49. The number of anilines is 6. The second-order valence-electron chi connectivity index (χ2n) is 15.3. The average Bonchev–Trinajstić information content (AvgIpc) is 3.18. The van der Waals surface area contributed by atoms with Crippen LogP contribution in [0.3, 0.4) is 0 Å². The van der Waals surface area contributed by atoms with E-state index in [9.17, 15) is 24.6 Å². The molecule has 3 aromatic carbocycles. The van der Waals surface area contributed by atoms with E-state index in [0.717, 1.165) is 51.4 Å². The lowest BCUT2D eigenvalue weighted by molar-refractivity contribution is 0.0686. The predicted octanol–water partition coefficient (Wildman–Crippen LogP) is 10.6. The summed E-state index contributed by atoms with van der Waals surface area (Å²) in [5.74, 6) is -0.855. The van der Waals surface area contributed by atoms with E-state index in [4.69, 9.17) is 15.0 Å². The third-order valence-corrected chi connectivity index (χ3v) is 9.80. The van der Waals surface area contributed by atoms with E-state index in [1.807, 2.05) is 60.9 Å². The maximum Gasteiger partial charge on any atom is 0.335 e. The molecule has 2 amide bonds. The van der Waals surface area contributed by atoms with Crippen molar-refractivity contribution in [2.24, 2.45) is 11.8 Å². The number of hydrogen-bond donors (Lipinski definition) is 3. The molecule has 56 heavy (non-hydrogen) atoms. The number of unbranched alkanes of at least 4 members (excludes halogenated alkanes) is 2. The number of carboxylic acids is 2. The molecule has 2 unspecified atom stereocenters. The van der Waals surface area contributed by atoms with Crippen molar-refractivity contribution in [1.82, 2.24) is 20.3 Å². The number of urea groups is 1. The lowest BCUT2D eigenvalue weighted by Crippen LogP contribution is -2.47. The summed E-state index contributed by atoms with van der Waals surface area (Å²) in [5, 5.41) is 22.5. The molecule has 2 atom stereocenters. The highest BCUT2D eigenvalue weighted by Crippen LogP contribution is 2.34. The standard InChI is InChI=1S/C44H59N7O5/c1-8-12-17-31(10-3)29-49(35-25-21-33(22-26-35)38(52)53)40-45-41(47-42(46-40)51(37-19-15-14-16-20-37)43(56)48-44(5,6)7)50(30-32(11-4)18-13-9-2)36-27-23-34(24-28-36)39(54)55/h14-16,19-28,31-32H,8-13,17-18,29-30H2,1-7H3,(H,48,56)(H,52,53)(H,54,55). The second-order valence-corrected chi connectivity index (χ2v) is 15.3. The topological polar surface area (TPSA) is 152 Å². The maximum absolute atomic E-state index is 14.3. The molecule has 0 saturated heterocycles. The highest BCUT2D eigenvalue weighted by atomic mass is 16.4. The summed E-state index contributed by atoms with van der Waals surface area (Å²) in [4.78, 5) is 58.9. The van der Waals surface area contributed by atoms with Gasteiger partial charge in [0.25, 0.3) is 0 Å². The molecular weight excluding hydrogens is 707 g/mol. The third-order valence-electron chi connectivity index (χ3n) is 9.80. The highest BCUT2D eigenvalue weighted by molar-refractivity contribution is 5.98. The van der Waals surface area contributed by atoms with E-state index < -0.39 is 23.5 Å². The second kappa shape index (κ2) is 20.4. The number of carboxylic acid groups (broad SMARTS) is 2. The van der Waals surface area contributed by atoms with Gasteiger partial charge in [0.1, 0.15) is 0 Å². The van der Waals surface area contributed by atoms with Crippen LogP contribution in [0.4, 0.5) is 39.7 Å². The van der Waals surface area contributed by atoms with Gasteiger partial charge >= 0.3 is 18.0 Å². The van der Waals surface area contributed by atoms with Crippen molar-refractivity contribution < 1.29 is 24.6 Å². The predicted molar refractivity (Wildman–Crippen MR) is 224 cm³/mol. The third kappa shape index (κ3) is 12.0. The molecule has 0 aliphatic heterocycles. The number of carbonyl (C=O) groups is 3. The van der Waals surface area contributed by atoms with Gasteiger partial charge in [-0.2, -0.15) is 15.0 Å². The minimum Gasteiger partial charge on any atom is -0.478 e. The van der Waals surface area contributed by atoms with Gasteiger partial charge in [-0.05, 0) is 106 Å². The molecular formula is C44H59N7O5. The summed E-state index contributed by atoms with van der Waals surface area (Å²) >= 11 is 0. The molecule has 4 aromatic rings. The lowest BCUT2D eigenvalue weighted by Gasteiger charge is -2.32. The highest BCUT2D eigenvalue weighted by Gasteiger charge is 2.30. The van der Waals surface area contributed by atoms with E-state index in [0.29, 0.717) is 42.0 Å². The first kappa shape index (κ1) is 43.2. The van der Waals surface area contributed by atoms with Gasteiger partial charge < -0.3 is 25.3 Å². The van der Waals surface area contributed by atoms with Crippen LogP contribution in [0.1, 0.15) is 121 Å². The van der Waals surface area contributed by atoms with Crippen molar-refractivity contribution in [3.05, 3.63) is 90.0 Å². The first-order valence-electron chi connectivity index (χ1n) is 19.9. The van der Waals surface area contributed by atoms with Crippen molar-refractivity contribution in [2.75, 3.05) is 27.8 Å². The van der Waals surface area contributed by atoms with Gasteiger partial charge in [0.15, 0.2) is 0 Å². The van der Waals surface area contributed by atoms with Crippen LogP contribution < -0.4 is 20.0 Å². The zero-order chi connectivity index (χ0) is 40.8. The van der Waals surface area contributed by atoms with Gasteiger partial charge in [-0.25, -0.2) is 19.3 Å². The van der Waals surface area contributed by atoms with Crippen LogP contribution in [0, 0.1) is 11.8 Å². The number of benzene rings is 3. The maximum atomic E-state index is 14.3. The zero-order valence-corrected chi connectivity index (χ0v) is 34.0. The number of amides is 2. The Kier molecular flexibility index (Phi) is 15.8. The Bertz CT molecular complexity index is 1770. The first-order chi connectivity index (χ1) is 26.8. The van der Waals surface area contributed by atoms with E-state index in [1.54, 1.807) is 48.5 Å². The van der Waals surface area contributed by atoms with Crippen molar-refractivity contribution in [2.45, 2.75) is 105 Å². The molecule has 12 heteroatoms. The Labute approximate surface area is 332 Å². The van der Waals surface area contributed by atoms with Crippen LogP contribution in [0.15, 0.2) is 78.9 Å². The van der Waals surface area contributed by atoms with E-state index in [2.05, 4.69) is 33.0 Å². The van der Waals surface area contributed by atoms with Crippen LogP contribution in [0.2, 0.25) is 0 Å². The number of rotatable bonds is 20. The molecule has 0 bridgehead atoms. The SMILES string of the molecule is CCCCC(CC)CN(c1ccc(C(=O)O)cc1)c1nc(N(CC(CC)CCCC)c2ccc(C(=O)O)cc2)nc(N(C(=O)NC(C)(C)C)c2ccccc2)n1. The molecule has 0 fully saturated rings. The van der Waals surface area contributed by atoms with Gasteiger partial charge in [-0.3, -0.25) is 0 Å². The number of aromatic nitrogens is 3. The molecule has 12 nitrogen and oxygen atoms in total. The first-order valence-corrected chi connectivity index (χ1v) is 19.9. The molecule has 1 aromatic heterocycles. The molecule has 0 radical (unpaired) electrons. The van der Waals surface area contributed by atoms with Crippen LogP contribution in [-0.4, -0.2) is 61.8 Å². The summed E-state index contributed by atoms with van der Waals surface area (Å²) in [5.41, 5.74) is 1.68. The fourth-order valence-corrected chi connectivity index (χ4v) is 6.49. The van der Waals surface area contributed by atoms with Crippen LogP contribution in [0.25, 0.3) is 0 Å². The van der Waals surface area contributed by atoms with Crippen molar-refractivity contribution in [1.29, 1.82) is 0 Å². The molecule has 4 rings (SSSR count). The summed E-state index contributed by atoms with van der Waals surface area (Å²) in [7, 11) is 0. The van der Waals surface area contributed by atoms with E-state index >= 15 is 0 Å². The minimum atomic E-state index is -1.02. The van der Waals surface area contributed by atoms with Gasteiger partial charge in [0, 0.05) is 30.0 Å². The molecule has 0 aliphatic carbocycles. The Morgan fingerprint density at radius 3 is 1.38 bits per heavy atom. The molecule has 0 aliphatic rings. The molecule has 1 heterocycles. The van der Waals surface area contributed by atoms with Crippen molar-refractivity contribution in [3.8, 4) is 0 Å². The Morgan fingerprint density at radius 1 is 0.607 bits per heavy atom. The normalized spacial score (nSPS) is 12.4. The van der Waals surface area contributed by atoms with Crippen LogP contribution in [0.5, 0.6) is 0 Å². The minimum absolute atomic E-state index is 0.0977. The molecule has 3 N–H and O–H groups in total. The van der Waals surface area contributed by atoms with Gasteiger partial charge in [-0.1, -0.05) is 84.4 Å². The number of hydrogen-bond acceptors (Lipinski definition) is 8. The van der Waals surface area contributed by atoms with E-state index in [-0.39, 0.29) is 28.9 Å². The zero-order valence-electron chi connectivity index (χ0n) is 34.0. The average molecular weight is 766 g/mol. The lowest BCUT2D eigenvalue weighted by atomic mass is 9.98. The summed E-state index contributed by atoms with van der Waals surface area (Å²) in [6.07, 6.45) is 7.93. The summed E-state index contributed by atoms with van der Waals surface area (Å²) in [6.45, 7) is 15.5. The summed E-state index contributed by atoms with van der Waals surface area (Å²) in [6, 6.07) is 22.1. The van der Waals surface area contributed by atoms with Crippen LogP contribution >= 0.6 is 0 Å². The van der Waals surface area contributed by atoms with Crippen LogP contribution in [-0.2, 0) is 0 Å². The Balaban J connectivity index is 2.06. The Hall–Kier alpha value is -5.52. The fraction of sp³-hybridized carbons (Fsp3) is 0.455. The number of aromatic carboxylic acids is 2. The van der Waals surface area contributed by atoms with Crippen molar-refractivity contribution >= 4 is 52.9 Å². The summed E-state index contributed by atoms with van der Waals surface area (Å²) < 4.78 is 0. The number of nitrogens with zero attached hydrogens (tertiary/aromatic N) is 6. The Morgan fingerprint density at radius 2 is 1.02 bits per heavy atom. The van der Waals surface area contributed by atoms with E-state index in [1.165, 1.54) is 4.90 Å². The quantitative estimate of drug-likeness (QED) is 0.0792. The monoisotopic (exact) mass is 765 g/mol. The number of carbonyl (C=O) groups excluding carboxylic acids is 1. The number of nitrogens with one attached hydrogen (secondary N) is 1. The largest absolute Gasteiger partial charge is 0.478 e. The molecule has 0 saturated carbocycles. The molecule has 0 spiro atoms. The van der Waals surface area contributed by atoms with Crippen molar-refractivity contribution in [3.63, 3.8) is 0 Å². The molecule has 300 valence electrons.